The lowest BCUT2D eigenvalue weighted by Gasteiger charge is -2.10. The van der Waals surface area contributed by atoms with Crippen molar-refractivity contribution >= 4 is 22.9 Å². The molecule has 1 aliphatic carbocycles. The van der Waals surface area contributed by atoms with E-state index in [1.807, 2.05) is 12.4 Å². The van der Waals surface area contributed by atoms with Gasteiger partial charge in [0.15, 0.2) is 0 Å². The highest BCUT2D eigenvalue weighted by Crippen LogP contribution is 2.29. The molecule has 0 spiro atoms. The van der Waals surface area contributed by atoms with E-state index in [1.54, 1.807) is 11.3 Å². The van der Waals surface area contributed by atoms with Crippen LogP contribution in [0.5, 0.6) is 0 Å². The molecule has 0 amide bonds. The van der Waals surface area contributed by atoms with Gasteiger partial charge in [-0.3, -0.25) is 0 Å². The first-order valence-electron chi connectivity index (χ1n) is 6.23. The van der Waals surface area contributed by atoms with E-state index >= 15 is 0 Å². The van der Waals surface area contributed by atoms with E-state index in [0.717, 1.165) is 22.6 Å². The van der Waals surface area contributed by atoms with Crippen molar-refractivity contribution in [3.05, 3.63) is 39.6 Å². The Morgan fingerprint density at radius 2 is 2.39 bits per heavy atom. The highest BCUT2D eigenvalue weighted by atomic mass is 35.5. The molecule has 1 atom stereocenters. The Morgan fingerprint density at radius 1 is 1.56 bits per heavy atom. The monoisotopic (exact) mass is 281 g/mol. The number of halogens is 1. The molecule has 96 valence electrons. The lowest BCUT2D eigenvalue weighted by atomic mass is 10.3. The molecule has 5 heteroatoms. The third kappa shape index (κ3) is 2.76. The highest BCUT2D eigenvalue weighted by Gasteiger charge is 2.20. The van der Waals surface area contributed by atoms with E-state index in [1.165, 1.54) is 17.7 Å². The van der Waals surface area contributed by atoms with Crippen LogP contribution in [0.4, 0.5) is 0 Å². The zero-order chi connectivity index (χ0) is 12.5. The summed E-state index contributed by atoms with van der Waals surface area (Å²) in [6, 6.07) is 5.05. The number of aromatic nitrogens is 2. The molecule has 0 aliphatic heterocycles. The van der Waals surface area contributed by atoms with Gasteiger partial charge in [0, 0.05) is 23.7 Å². The number of nitrogens with one attached hydrogen (secondary N) is 1. The fraction of sp³-hybridized carbons (Fsp3) is 0.462. The molecule has 1 aliphatic rings. The average Bonchev–Trinajstić information content (AvgIpc) is 2.90. The van der Waals surface area contributed by atoms with E-state index in [4.69, 9.17) is 11.6 Å². The number of thiophene rings is 1. The quantitative estimate of drug-likeness (QED) is 0.910. The Kier molecular flexibility index (Phi) is 3.41. The van der Waals surface area contributed by atoms with Crippen LogP contribution in [0.25, 0.3) is 0 Å². The van der Waals surface area contributed by atoms with Crippen LogP contribution in [-0.2, 0) is 6.54 Å². The van der Waals surface area contributed by atoms with E-state index in [-0.39, 0.29) is 0 Å². The van der Waals surface area contributed by atoms with Crippen LogP contribution in [0.3, 0.4) is 0 Å². The molecule has 3 nitrogen and oxygen atoms in total. The number of hydrogen-bond donors (Lipinski definition) is 1. The topological polar surface area (TPSA) is 29.9 Å². The first-order valence-corrected chi connectivity index (χ1v) is 7.43. The molecule has 0 bridgehead atoms. The van der Waals surface area contributed by atoms with Crippen molar-refractivity contribution in [2.75, 3.05) is 0 Å². The molecule has 0 radical (unpaired) electrons. The predicted molar refractivity (Wildman–Crippen MR) is 75.2 cm³/mol. The number of hydrogen-bond acceptors (Lipinski definition) is 3. The first kappa shape index (κ1) is 12.2. The van der Waals surface area contributed by atoms with Crippen molar-refractivity contribution in [2.45, 2.75) is 38.4 Å². The Hall–Kier alpha value is -0.840. The van der Waals surface area contributed by atoms with E-state index in [9.17, 15) is 0 Å². The van der Waals surface area contributed by atoms with Gasteiger partial charge in [-0.15, -0.1) is 11.3 Å². The maximum atomic E-state index is 5.97. The summed E-state index contributed by atoms with van der Waals surface area (Å²) in [5, 5.41) is 3.47. The maximum absolute atomic E-state index is 5.97. The van der Waals surface area contributed by atoms with Crippen LogP contribution in [0.15, 0.2) is 24.7 Å². The normalized spacial score (nSPS) is 17.0. The molecule has 0 aromatic carbocycles. The van der Waals surface area contributed by atoms with Crippen LogP contribution >= 0.6 is 22.9 Å². The van der Waals surface area contributed by atoms with Gasteiger partial charge in [-0.05, 0) is 31.9 Å². The van der Waals surface area contributed by atoms with E-state index in [2.05, 4.69) is 34.1 Å². The van der Waals surface area contributed by atoms with Gasteiger partial charge in [-0.1, -0.05) is 11.6 Å². The SMILES string of the molecule is CC(c1ccc(Cl)s1)n1cnc(CNC2CC2)c1. The van der Waals surface area contributed by atoms with Crippen molar-refractivity contribution in [3.8, 4) is 0 Å². The second-order valence-corrected chi connectivity index (χ2v) is 6.53. The average molecular weight is 282 g/mol. The Morgan fingerprint density at radius 3 is 3.06 bits per heavy atom. The third-order valence-electron chi connectivity index (χ3n) is 3.26. The summed E-state index contributed by atoms with van der Waals surface area (Å²) in [6.07, 6.45) is 6.64. The minimum atomic E-state index is 0.296. The molecule has 1 fully saturated rings. The van der Waals surface area contributed by atoms with Gasteiger partial charge in [0.25, 0.3) is 0 Å². The van der Waals surface area contributed by atoms with Gasteiger partial charge in [0.2, 0.25) is 0 Å². The highest BCUT2D eigenvalue weighted by molar-refractivity contribution is 7.16. The fourth-order valence-corrected chi connectivity index (χ4v) is 3.04. The summed E-state index contributed by atoms with van der Waals surface area (Å²) in [4.78, 5) is 5.70. The Balaban J connectivity index is 1.67. The van der Waals surface area contributed by atoms with Gasteiger partial charge in [0.1, 0.15) is 0 Å². The van der Waals surface area contributed by atoms with Gasteiger partial charge in [-0.2, -0.15) is 0 Å². The minimum absolute atomic E-state index is 0.296. The number of nitrogens with zero attached hydrogens (tertiary/aromatic N) is 2. The summed E-state index contributed by atoms with van der Waals surface area (Å²) >= 11 is 7.60. The van der Waals surface area contributed by atoms with Crippen LogP contribution < -0.4 is 5.32 Å². The third-order valence-corrected chi connectivity index (χ3v) is 4.66. The Bertz CT molecular complexity index is 530. The van der Waals surface area contributed by atoms with Gasteiger partial charge < -0.3 is 9.88 Å². The van der Waals surface area contributed by atoms with Crippen molar-refractivity contribution in [2.24, 2.45) is 0 Å². The Labute approximate surface area is 116 Å². The number of rotatable bonds is 5. The fourth-order valence-electron chi connectivity index (χ4n) is 1.92. The molecular weight excluding hydrogens is 266 g/mol. The van der Waals surface area contributed by atoms with E-state index < -0.39 is 0 Å². The molecule has 3 rings (SSSR count). The largest absolute Gasteiger partial charge is 0.329 e. The van der Waals surface area contributed by atoms with Crippen molar-refractivity contribution in [1.82, 2.24) is 14.9 Å². The lowest BCUT2D eigenvalue weighted by Crippen LogP contribution is -2.15. The lowest BCUT2D eigenvalue weighted by molar-refractivity contribution is 0.644. The zero-order valence-electron chi connectivity index (χ0n) is 10.3. The van der Waals surface area contributed by atoms with Crippen LogP contribution in [-0.4, -0.2) is 15.6 Å². The molecule has 18 heavy (non-hydrogen) atoms. The van der Waals surface area contributed by atoms with Crippen molar-refractivity contribution in [3.63, 3.8) is 0 Å². The summed E-state index contributed by atoms with van der Waals surface area (Å²) < 4.78 is 2.99. The smallest absolute Gasteiger partial charge is 0.0955 e. The summed E-state index contributed by atoms with van der Waals surface area (Å²) in [7, 11) is 0. The second kappa shape index (κ2) is 5.03. The summed E-state index contributed by atoms with van der Waals surface area (Å²) in [5.74, 6) is 0. The van der Waals surface area contributed by atoms with Gasteiger partial charge in [0.05, 0.1) is 22.4 Å². The molecule has 1 N–H and O–H groups in total. The van der Waals surface area contributed by atoms with Crippen molar-refractivity contribution < 1.29 is 0 Å². The maximum Gasteiger partial charge on any atom is 0.0955 e. The second-order valence-electron chi connectivity index (χ2n) is 4.79. The molecule has 2 aromatic rings. The first-order chi connectivity index (χ1) is 8.72. The summed E-state index contributed by atoms with van der Waals surface area (Å²) in [6.45, 7) is 3.04. The molecule has 2 aromatic heterocycles. The molecule has 1 saturated carbocycles. The molecule has 1 unspecified atom stereocenters. The standard InChI is InChI=1S/C13H16ClN3S/c1-9(12-4-5-13(14)18-12)17-7-11(16-8-17)6-15-10-2-3-10/h4-5,7-10,15H,2-3,6H2,1H3. The van der Waals surface area contributed by atoms with Gasteiger partial charge >= 0.3 is 0 Å². The predicted octanol–water partition coefficient (Wildman–Crippen LogP) is 3.46. The van der Waals surface area contributed by atoms with Crippen LogP contribution in [0.1, 0.15) is 36.4 Å². The molecular formula is C13H16ClN3S. The molecule has 2 heterocycles. The van der Waals surface area contributed by atoms with Gasteiger partial charge in [-0.25, -0.2) is 4.98 Å². The summed E-state index contributed by atoms with van der Waals surface area (Å²) in [5.41, 5.74) is 1.11. The van der Waals surface area contributed by atoms with Crippen LogP contribution in [0, 0.1) is 0 Å². The van der Waals surface area contributed by atoms with Crippen molar-refractivity contribution in [1.29, 1.82) is 0 Å². The van der Waals surface area contributed by atoms with E-state index in [0.29, 0.717) is 6.04 Å². The minimum Gasteiger partial charge on any atom is -0.329 e. The number of imidazole rings is 1. The molecule has 0 saturated heterocycles. The van der Waals surface area contributed by atoms with Crippen LogP contribution in [0.2, 0.25) is 4.34 Å². The zero-order valence-corrected chi connectivity index (χ0v) is 11.8.